The van der Waals surface area contributed by atoms with Crippen molar-refractivity contribution >= 4 is 17.5 Å². The molecule has 0 unspecified atom stereocenters. The van der Waals surface area contributed by atoms with Crippen LogP contribution >= 0.6 is 0 Å². The predicted octanol–water partition coefficient (Wildman–Crippen LogP) is 3.72. The SMILES string of the molecule is CCc1ccccc1Nc1ncc(C(=O)NCc2ccc(OC)cc2)cn1. The van der Waals surface area contributed by atoms with Crippen molar-refractivity contribution in [2.75, 3.05) is 12.4 Å². The zero-order valence-electron chi connectivity index (χ0n) is 15.4. The Balaban J connectivity index is 1.59. The van der Waals surface area contributed by atoms with Gasteiger partial charge in [-0.15, -0.1) is 0 Å². The molecule has 2 aromatic carbocycles. The number of ether oxygens (including phenoxy) is 1. The van der Waals surface area contributed by atoms with Gasteiger partial charge in [0.2, 0.25) is 5.95 Å². The molecule has 0 atom stereocenters. The van der Waals surface area contributed by atoms with Gasteiger partial charge < -0.3 is 15.4 Å². The number of carbonyl (C=O) groups is 1. The van der Waals surface area contributed by atoms with E-state index in [-0.39, 0.29) is 5.91 Å². The number of benzene rings is 2. The number of para-hydroxylation sites is 1. The minimum atomic E-state index is -0.216. The maximum absolute atomic E-state index is 12.3. The second kappa shape index (κ2) is 8.80. The van der Waals surface area contributed by atoms with E-state index in [0.717, 1.165) is 23.4 Å². The van der Waals surface area contributed by atoms with Crippen molar-refractivity contribution in [3.05, 3.63) is 77.6 Å². The molecule has 27 heavy (non-hydrogen) atoms. The summed E-state index contributed by atoms with van der Waals surface area (Å²) in [5, 5.41) is 6.05. The van der Waals surface area contributed by atoms with Gasteiger partial charge in [-0.25, -0.2) is 9.97 Å². The first kappa shape index (κ1) is 18.4. The maximum atomic E-state index is 12.3. The minimum absolute atomic E-state index is 0.216. The Morgan fingerprint density at radius 2 is 1.74 bits per heavy atom. The molecule has 1 aromatic heterocycles. The number of hydrogen-bond donors (Lipinski definition) is 2. The number of amides is 1. The summed E-state index contributed by atoms with van der Waals surface area (Å²) in [6.45, 7) is 2.52. The normalized spacial score (nSPS) is 10.3. The third kappa shape index (κ3) is 4.82. The molecule has 2 N–H and O–H groups in total. The molecule has 0 bridgehead atoms. The van der Waals surface area contributed by atoms with Crippen LogP contribution in [-0.2, 0) is 13.0 Å². The topological polar surface area (TPSA) is 76.1 Å². The van der Waals surface area contributed by atoms with Gasteiger partial charge >= 0.3 is 0 Å². The predicted molar refractivity (Wildman–Crippen MR) is 105 cm³/mol. The summed E-state index contributed by atoms with van der Waals surface area (Å²) in [6, 6.07) is 15.5. The van der Waals surface area contributed by atoms with E-state index in [1.165, 1.54) is 18.0 Å². The molecule has 138 valence electrons. The third-order valence-electron chi connectivity index (χ3n) is 4.17. The molecule has 0 spiro atoms. The number of nitrogens with one attached hydrogen (secondary N) is 2. The van der Waals surface area contributed by atoms with Gasteiger partial charge in [0, 0.05) is 24.6 Å². The summed E-state index contributed by atoms with van der Waals surface area (Å²) >= 11 is 0. The molecule has 3 rings (SSSR count). The Kier molecular flexibility index (Phi) is 5.99. The van der Waals surface area contributed by atoms with Crippen molar-refractivity contribution in [2.24, 2.45) is 0 Å². The second-order valence-corrected chi connectivity index (χ2v) is 5.96. The van der Waals surface area contributed by atoms with Crippen LogP contribution in [0.15, 0.2) is 60.9 Å². The quantitative estimate of drug-likeness (QED) is 0.670. The molecule has 0 radical (unpaired) electrons. The number of methoxy groups -OCH3 is 1. The van der Waals surface area contributed by atoms with Crippen LogP contribution in [0.4, 0.5) is 11.6 Å². The summed E-state index contributed by atoms with van der Waals surface area (Å²) in [5.74, 6) is 1.03. The summed E-state index contributed by atoms with van der Waals surface area (Å²) in [4.78, 5) is 20.8. The van der Waals surface area contributed by atoms with Gasteiger partial charge in [-0.2, -0.15) is 0 Å². The number of carbonyl (C=O) groups excluding carboxylic acids is 1. The Morgan fingerprint density at radius 1 is 1.04 bits per heavy atom. The Hall–Kier alpha value is -3.41. The number of nitrogens with zero attached hydrogens (tertiary/aromatic N) is 2. The summed E-state index contributed by atoms with van der Waals surface area (Å²) in [6.07, 6.45) is 3.95. The molecule has 0 aliphatic heterocycles. The number of aromatic nitrogens is 2. The lowest BCUT2D eigenvalue weighted by Gasteiger charge is -2.10. The van der Waals surface area contributed by atoms with Crippen LogP contribution in [0.1, 0.15) is 28.4 Å². The molecule has 0 fully saturated rings. The first-order valence-electron chi connectivity index (χ1n) is 8.77. The molecule has 1 amide bonds. The monoisotopic (exact) mass is 362 g/mol. The van der Waals surface area contributed by atoms with Crippen molar-refractivity contribution in [2.45, 2.75) is 19.9 Å². The standard InChI is InChI=1S/C21H22N4O2/c1-3-16-6-4-5-7-19(16)25-21-23-13-17(14-24-21)20(26)22-12-15-8-10-18(27-2)11-9-15/h4-11,13-14H,3,12H2,1-2H3,(H,22,26)(H,23,24,25). The molecule has 3 aromatic rings. The highest BCUT2D eigenvalue weighted by molar-refractivity contribution is 5.93. The average molecular weight is 362 g/mol. The number of aryl methyl sites for hydroxylation is 1. The molecular weight excluding hydrogens is 340 g/mol. The van der Waals surface area contributed by atoms with E-state index in [2.05, 4.69) is 33.6 Å². The van der Waals surface area contributed by atoms with E-state index in [1.54, 1.807) is 7.11 Å². The van der Waals surface area contributed by atoms with Gasteiger partial charge in [0.05, 0.1) is 12.7 Å². The largest absolute Gasteiger partial charge is 0.497 e. The lowest BCUT2D eigenvalue weighted by molar-refractivity contribution is 0.0950. The maximum Gasteiger partial charge on any atom is 0.254 e. The van der Waals surface area contributed by atoms with Gasteiger partial charge in [-0.3, -0.25) is 4.79 Å². The number of rotatable bonds is 7. The zero-order valence-corrected chi connectivity index (χ0v) is 15.4. The van der Waals surface area contributed by atoms with Crippen molar-refractivity contribution in [3.8, 4) is 5.75 Å². The number of anilines is 2. The van der Waals surface area contributed by atoms with Crippen molar-refractivity contribution in [3.63, 3.8) is 0 Å². The van der Waals surface area contributed by atoms with Crippen molar-refractivity contribution < 1.29 is 9.53 Å². The van der Waals surface area contributed by atoms with Gasteiger partial charge in [0.15, 0.2) is 0 Å². The van der Waals surface area contributed by atoms with Crippen LogP contribution in [0.3, 0.4) is 0 Å². The first-order chi connectivity index (χ1) is 13.2. The highest BCUT2D eigenvalue weighted by Gasteiger charge is 2.08. The lowest BCUT2D eigenvalue weighted by atomic mass is 10.1. The van der Waals surface area contributed by atoms with Crippen molar-refractivity contribution in [1.29, 1.82) is 0 Å². The van der Waals surface area contributed by atoms with Crippen LogP contribution in [0.2, 0.25) is 0 Å². The van der Waals surface area contributed by atoms with E-state index < -0.39 is 0 Å². The summed E-state index contributed by atoms with van der Waals surface area (Å²) < 4.78 is 5.12. The van der Waals surface area contributed by atoms with Crippen LogP contribution in [0.25, 0.3) is 0 Å². The zero-order chi connectivity index (χ0) is 19.1. The van der Waals surface area contributed by atoms with E-state index >= 15 is 0 Å². The van der Waals surface area contributed by atoms with Crippen LogP contribution in [0, 0.1) is 0 Å². The molecule has 0 aliphatic rings. The second-order valence-electron chi connectivity index (χ2n) is 5.96. The van der Waals surface area contributed by atoms with Gasteiger partial charge in [0.25, 0.3) is 5.91 Å². The Morgan fingerprint density at radius 3 is 2.41 bits per heavy atom. The van der Waals surface area contributed by atoms with E-state index in [9.17, 15) is 4.79 Å². The van der Waals surface area contributed by atoms with E-state index in [0.29, 0.717) is 18.1 Å². The van der Waals surface area contributed by atoms with E-state index in [1.807, 2.05) is 42.5 Å². The third-order valence-corrected chi connectivity index (χ3v) is 4.17. The van der Waals surface area contributed by atoms with Crippen LogP contribution < -0.4 is 15.4 Å². The molecule has 6 heteroatoms. The van der Waals surface area contributed by atoms with E-state index in [4.69, 9.17) is 4.74 Å². The average Bonchev–Trinajstić information content (AvgIpc) is 2.73. The minimum Gasteiger partial charge on any atom is -0.497 e. The molecule has 0 saturated carbocycles. The fraction of sp³-hybridized carbons (Fsp3) is 0.190. The summed E-state index contributed by atoms with van der Waals surface area (Å²) in [7, 11) is 1.62. The smallest absolute Gasteiger partial charge is 0.254 e. The molecule has 0 aliphatic carbocycles. The van der Waals surface area contributed by atoms with Gasteiger partial charge in [-0.05, 0) is 35.7 Å². The van der Waals surface area contributed by atoms with Gasteiger partial charge in [0.1, 0.15) is 5.75 Å². The summed E-state index contributed by atoms with van der Waals surface area (Å²) in [5.41, 5.74) is 3.55. The molecule has 0 saturated heterocycles. The highest BCUT2D eigenvalue weighted by Crippen LogP contribution is 2.18. The van der Waals surface area contributed by atoms with Gasteiger partial charge in [-0.1, -0.05) is 37.3 Å². The first-order valence-corrected chi connectivity index (χ1v) is 8.77. The number of hydrogen-bond acceptors (Lipinski definition) is 5. The fourth-order valence-corrected chi connectivity index (χ4v) is 2.61. The Bertz CT molecular complexity index is 893. The molecule has 1 heterocycles. The fourth-order valence-electron chi connectivity index (χ4n) is 2.61. The lowest BCUT2D eigenvalue weighted by Crippen LogP contribution is -2.23. The van der Waals surface area contributed by atoms with Crippen molar-refractivity contribution in [1.82, 2.24) is 15.3 Å². The molecular formula is C21H22N4O2. The van der Waals surface area contributed by atoms with Crippen LogP contribution in [0.5, 0.6) is 5.75 Å². The highest BCUT2D eigenvalue weighted by atomic mass is 16.5. The molecule has 6 nitrogen and oxygen atoms in total. The van der Waals surface area contributed by atoms with Crippen LogP contribution in [-0.4, -0.2) is 23.0 Å². The Labute approximate surface area is 158 Å².